The Morgan fingerprint density at radius 1 is 1.15 bits per heavy atom. The first-order valence-corrected chi connectivity index (χ1v) is 16.0. The molecule has 0 saturated heterocycles. The highest BCUT2D eigenvalue weighted by atomic mass is 32.2. The number of nitrogens with one attached hydrogen (secondary N) is 1. The minimum atomic E-state index is -4.45. The highest BCUT2D eigenvalue weighted by molar-refractivity contribution is 7.91. The molecule has 1 fully saturated rings. The van der Waals surface area contributed by atoms with E-state index in [0.29, 0.717) is 11.6 Å². The van der Waals surface area contributed by atoms with Crippen LogP contribution in [0.2, 0.25) is 0 Å². The summed E-state index contributed by atoms with van der Waals surface area (Å²) >= 11 is 0. The summed E-state index contributed by atoms with van der Waals surface area (Å²) in [6.07, 6.45) is -1.71. The van der Waals surface area contributed by atoms with E-state index in [1.165, 1.54) is 12.1 Å². The molecule has 1 unspecified atom stereocenters. The minimum absolute atomic E-state index is 0. The quantitative estimate of drug-likeness (QED) is 0.323. The Morgan fingerprint density at radius 2 is 1.80 bits per heavy atom. The topological polar surface area (TPSA) is 141 Å². The fourth-order valence-electron chi connectivity index (χ4n) is 4.99. The molecule has 3 aromatic rings. The second kappa shape index (κ2) is 12.6. The van der Waals surface area contributed by atoms with Gasteiger partial charge in [-0.1, -0.05) is 31.1 Å². The molecule has 2 amide bonds. The summed E-state index contributed by atoms with van der Waals surface area (Å²) < 4.78 is 100. The number of fused-ring (bicyclic) bond motifs is 1. The van der Waals surface area contributed by atoms with E-state index in [0.717, 1.165) is 30.2 Å². The molecular formula is C30H36F4N4O7S. The van der Waals surface area contributed by atoms with E-state index in [-0.39, 0.29) is 20.1 Å². The summed E-state index contributed by atoms with van der Waals surface area (Å²) in [5, 5.41) is 5.91. The highest BCUT2D eigenvalue weighted by Crippen LogP contribution is 2.55. The first-order valence-electron chi connectivity index (χ1n) is 14.4. The first-order chi connectivity index (χ1) is 21.5. The summed E-state index contributed by atoms with van der Waals surface area (Å²) in [5.41, 5.74) is -3.60. The monoisotopic (exact) mass is 672 g/mol. The van der Waals surface area contributed by atoms with Gasteiger partial charge in [0.25, 0.3) is 17.7 Å². The molecule has 0 spiro atoms. The Labute approximate surface area is 264 Å². The van der Waals surface area contributed by atoms with Crippen LogP contribution in [0, 0.1) is 11.6 Å². The molecule has 0 radical (unpaired) electrons. The molecule has 2 aliphatic rings. The van der Waals surface area contributed by atoms with Gasteiger partial charge in [-0.3, -0.25) is 4.79 Å². The number of anilines is 1. The number of nitrogens with zero attached hydrogens (tertiary/aromatic N) is 3. The van der Waals surface area contributed by atoms with Gasteiger partial charge in [0.1, 0.15) is 23.3 Å². The number of methoxy groups -OCH3 is 1. The minimum Gasteiger partial charge on any atom is -0.444 e. The number of benzene rings is 2. The van der Waals surface area contributed by atoms with Crippen molar-refractivity contribution in [2.45, 2.75) is 82.1 Å². The summed E-state index contributed by atoms with van der Waals surface area (Å²) in [6, 6.07) is 4.95. The van der Waals surface area contributed by atoms with Gasteiger partial charge in [0, 0.05) is 15.0 Å². The molecule has 1 aromatic heterocycles. The van der Waals surface area contributed by atoms with Crippen molar-refractivity contribution in [3.8, 4) is 11.4 Å². The van der Waals surface area contributed by atoms with Crippen molar-refractivity contribution in [2.24, 2.45) is 0 Å². The third kappa shape index (κ3) is 6.58. The summed E-state index contributed by atoms with van der Waals surface area (Å²) in [4.78, 5) is 30.8. The number of hydrogen-bond acceptors (Lipinski definition) is 9. The maximum Gasteiger partial charge on any atom is 0.408 e. The number of ether oxygens (including phenoxy) is 2. The number of halogens is 4. The third-order valence-electron chi connectivity index (χ3n) is 7.31. The molecule has 2 atom stereocenters. The van der Waals surface area contributed by atoms with E-state index >= 15 is 4.39 Å². The zero-order chi connectivity index (χ0) is 34.2. The number of carbonyl (C=O) groups excluding carboxylic acids is 2. The predicted octanol–water partition coefficient (Wildman–Crippen LogP) is 5.77. The summed E-state index contributed by atoms with van der Waals surface area (Å²) in [5.74, 6) is -7.99. The number of aromatic nitrogens is 2. The Hall–Kier alpha value is -4.05. The molecule has 46 heavy (non-hydrogen) atoms. The number of sulfone groups is 1. The normalized spacial score (nSPS) is 21.7. The number of amides is 2. The van der Waals surface area contributed by atoms with Gasteiger partial charge in [-0.2, -0.15) is 4.98 Å². The largest absolute Gasteiger partial charge is 0.444 e. The molecule has 5 rings (SSSR count). The van der Waals surface area contributed by atoms with Crippen molar-refractivity contribution in [2.75, 3.05) is 17.8 Å². The van der Waals surface area contributed by atoms with E-state index in [9.17, 15) is 31.2 Å². The number of carbonyl (C=O) groups is 2. The van der Waals surface area contributed by atoms with Crippen molar-refractivity contribution in [3.05, 3.63) is 59.5 Å². The molecule has 1 aliphatic carbocycles. The highest BCUT2D eigenvalue weighted by Gasteiger charge is 2.67. The van der Waals surface area contributed by atoms with Crippen LogP contribution < -0.4 is 10.2 Å². The first kappa shape index (κ1) is 34.8. The Kier molecular flexibility index (Phi) is 9.56. The SMILES string of the molecule is CC.COC1(c2nc(-c3cc4c(cc3F)S(=O)(=O)C[C@H](NC(=O)OC(C)(C)C)C(=O)N4Cc3ccc(F)cc3)no2)CCC1(F)F.[HH]. The molecule has 252 valence electrons. The second-order valence-corrected chi connectivity index (χ2v) is 13.5. The van der Waals surface area contributed by atoms with Gasteiger partial charge in [0.2, 0.25) is 11.4 Å². The lowest BCUT2D eigenvalue weighted by Gasteiger charge is -2.44. The van der Waals surface area contributed by atoms with Gasteiger partial charge < -0.3 is 24.2 Å². The van der Waals surface area contributed by atoms with Gasteiger partial charge in [-0.25, -0.2) is 30.8 Å². The second-order valence-electron chi connectivity index (χ2n) is 11.5. The van der Waals surface area contributed by atoms with Gasteiger partial charge in [-0.05, 0) is 57.0 Å². The van der Waals surface area contributed by atoms with Crippen LogP contribution in [0.15, 0.2) is 45.8 Å². The predicted molar refractivity (Wildman–Crippen MR) is 159 cm³/mol. The van der Waals surface area contributed by atoms with Crippen molar-refractivity contribution in [3.63, 3.8) is 0 Å². The Morgan fingerprint density at radius 3 is 2.35 bits per heavy atom. The average Bonchev–Trinajstić information content (AvgIpc) is 3.44. The van der Waals surface area contributed by atoms with Gasteiger partial charge in [0.05, 0.1) is 28.4 Å². The molecule has 0 bridgehead atoms. The van der Waals surface area contributed by atoms with Crippen LogP contribution in [-0.4, -0.2) is 61.0 Å². The smallest absolute Gasteiger partial charge is 0.408 e. The van der Waals surface area contributed by atoms with Crippen molar-refractivity contribution < 1.29 is 51.0 Å². The maximum atomic E-state index is 15.6. The van der Waals surface area contributed by atoms with Crippen LogP contribution in [0.5, 0.6) is 0 Å². The molecule has 16 heteroatoms. The summed E-state index contributed by atoms with van der Waals surface area (Å²) in [7, 11) is -3.40. The maximum absolute atomic E-state index is 15.6. The molecule has 1 saturated carbocycles. The van der Waals surface area contributed by atoms with Crippen LogP contribution in [0.1, 0.15) is 60.3 Å². The molecule has 11 nitrogen and oxygen atoms in total. The van der Waals surface area contributed by atoms with Gasteiger partial charge in [0.15, 0.2) is 9.84 Å². The lowest BCUT2D eigenvalue weighted by atomic mass is 9.75. The zero-order valence-electron chi connectivity index (χ0n) is 26.0. The molecular weight excluding hydrogens is 636 g/mol. The molecule has 2 heterocycles. The zero-order valence-corrected chi connectivity index (χ0v) is 26.8. The molecule has 1 aliphatic heterocycles. The van der Waals surface area contributed by atoms with E-state index < -0.39 is 91.0 Å². The Bertz CT molecular complexity index is 1730. The summed E-state index contributed by atoms with van der Waals surface area (Å²) in [6.45, 7) is 8.39. The lowest BCUT2D eigenvalue weighted by Crippen LogP contribution is -2.56. The van der Waals surface area contributed by atoms with Crippen LogP contribution in [0.25, 0.3) is 11.4 Å². The Balaban J connectivity index is 0.00000196. The lowest BCUT2D eigenvalue weighted by molar-refractivity contribution is -0.280. The molecule has 2 aromatic carbocycles. The van der Waals surface area contributed by atoms with Crippen LogP contribution in [0.4, 0.5) is 28.0 Å². The number of hydrogen-bond donors (Lipinski definition) is 1. The van der Waals surface area contributed by atoms with Crippen molar-refractivity contribution in [1.82, 2.24) is 15.5 Å². The van der Waals surface area contributed by atoms with Crippen LogP contribution in [-0.2, 0) is 36.3 Å². The van der Waals surface area contributed by atoms with Gasteiger partial charge in [-0.15, -0.1) is 0 Å². The number of rotatable bonds is 6. The van der Waals surface area contributed by atoms with Crippen molar-refractivity contribution in [1.29, 1.82) is 0 Å². The standard InChI is InChI=1S/C28H28F4N4O7S.C2H6.H2/c1-26(2,3)42-25(38)33-19-14-44(39,40)21-12-18(30)17(22-34-24(43-35-22)27(41-4)9-10-28(27,31)32)11-20(21)36(23(19)37)13-15-5-7-16(29)8-6-15;1-2;/h5-8,11-12,19H,9-10,13-14H2,1-4H3,(H,33,38);1-2H3;1H/t19-,27?;;/m0../s1. The van der Waals surface area contributed by atoms with Gasteiger partial charge >= 0.3 is 6.09 Å². The van der Waals surface area contributed by atoms with Crippen LogP contribution in [0.3, 0.4) is 0 Å². The number of alkyl halides is 2. The van der Waals surface area contributed by atoms with E-state index in [1.807, 2.05) is 13.8 Å². The van der Waals surface area contributed by atoms with Crippen LogP contribution >= 0.6 is 0 Å². The van der Waals surface area contributed by atoms with E-state index in [1.54, 1.807) is 20.8 Å². The third-order valence-corrected chi connectivity index (χ3v) is 9.08. The fourth-order valence-corrected chi connectivity index (χ4v) is 6.61. The average molecular weight is 673 g/mol. The van der Waals surface area contributed by atoms with E-state index in [4.69, 9.17) is 14.0 Å². The number of alkyl carbamates (subject to hydrolysis) is 1. The fraction of sp³-hybridized carbons (Fsp3) is 0.467. The molecule has 1 N–H and O–H groups in total. The van der Waals surface area contributed by atoms with Crippen molar-refractivity contribution >= 4 is 27.5 Å². The van der Waals surface area contributed by atoms with E-state index in [2.05, 4.69) is 15.5 Å².